The first-order chi connectivity index (χ1) is 23.6. The summed E-state index contributed by atoms with van der Waals surface area (Å²) in [5.74, 6) is 0. The maximum Gasteiger partial charge on any atom is 0.0534 e. The highest BCUT2D eigenvalue weighted by Gasteiger charge is 2.16. The number of nitrogens with zero attached hydrogens (tertiary/aromatic N) is 2. The summed E-state index contributed by atoms with van der Waals surface area (Å²) >= 11 is 0. The zero-order valence-corrected chi connectivity index (χ0v) is 27.2. The maximum absolute atomic E-state index is 2.36. The van der Waals surface area contributed by atoms with Gasteiger partial charge in [-0.3, -0.25) is 0 Å². The molecule has 0 atom stereocenters. The van der Waals surface area contributed by atoms with Crippen LogP contribution in [0.4, 0.5) is 17.1 Å². The van der Waals surface area contributed by atoms with Crippen molar-refractivity contribution in [3.8, 4) is 39.1 Å². The summed E-state index contributed by atoms with van der Waals surface area (Å²) in [6.07, 6.45) is 0. The van der Waals surface area contributed by atoms with E-state index < -0.39 is 0 Å². The minimum Gasteiger partial charge on any atom is -0.314 e. The molecule has 0 amide bonds. The Morgan fingerprint density at radius 2 is 0.833 bits per heavy atom. The lowest BCUT2D eigenvalue weighted by atomic mass is 10.0. The molecule has 1 aromatic heterocycles. The standard InChI is InChI=1S/C46H36N2/c1-33-34(2)47(46-22-10-9-21-45(33)46)41-27-23-37(24-28-41)38-25-29-42(30-26-38)48(43-19-11-17-39(31-43)35-13-5-3-6-14-35)44-20-12-18-40(32-44)36-15-7-4-8-16-36/h3-32H,1-2H3. The Balaban J connectivity index is 1.17. The summed E-state index contributed by atoms with van der Waals surface area (Å²) in [5, 5.41) is 1.31. The quantitative estimate of drug-likeness (QED) is 0.173. The number of para-hydroxylation sites is 1. The molecule has 0 saturated carbocycles. The number of hydrogen-bond donors (Lipinski definition) is 0. The van der Waals surface area contributed by atoms with E-state index in [0.29, 0.717) is 0 Å². The molecule has 8 rings (SSSR count). The predicted molar refractivity (Wildman–Crippen MR) is 204 cm³/mol. The van der Waals surface area contributed by atoms with Crippen molar-refractivity contribution in [2.45, 2.75) is 13.8 Å². The fourth-order valence-electron chi connectivity index (χ4n) is 6.83. The monoisotopic (exact) mass is 616 g/mol. The average Bonchev–Trinajstić information content (AvgIpc) is 3.42. The van der Waals surface area contributed by atoms with Crippen LogP contribution < -0.4 is 4.90 Å². The Morgan fingerprint density at radius 3 is 1.40 bits per heavy atom. The van der Waals surface area contributed by atoms with E-state index in [1.807, 2.05) is 0 Å². The first kappa shape index (κ1) is 29.3. The van der Waals surface area contributed by atoms with Gasteiger partial charge in [0.05, 0.1) is 5.52 Å². The van der Waals surface area contributed by atoms with E-state index in [9.17, 15) is 0 Å². The molecule has 0 N–H and O–H groups in total. The zero-order chi connectivity index (χ0) is 32.5. The van der Waals surface area contributed by atoms with Crippen molar-refractivity contribution < 1.29 is 0 Å². The van der Waals surface area contributed by atoms with Crippen LogP contribution in [0.15, 0.2) is 182 Å². The Kier molecular flexibility index (Phi) is 7.68. The summed E-state index contributed by atoms with van der Waals surface area (Å²) < 4.78 is 2.36. The first-order valence-corrected chi connectivity index (χ1v) is 16.5. The van der Waals surface area contributed by atoms with E-state index in [2.05, 4.69) is 205 Å². The van der Waals surface area contributed by atoms with Crippen LogP contribution >= 0.6 is 0 Å². The largest absolute Gasteiger partial charge is 0.314 e. The third-order valence-electron chi connectivity index (χ3n) is 9.43. The first-order valence-electron chi connectivity index (χ1n) is 16.5. The fourth-order valence-corrected chi connectivity index (χ4v) is 6.83. The van der Waals surface area contributed by atoms with Crippen molar-refractivity contribution >= 4 is 28.0 Å². The number of aryl methyl sites for hydroxylation is 1. The maximum atomic E-state index is 2.36. The fraction of sp³-hybridized carbons (Fsp3) is 0.0435. The van der Waals surface area contributed by atoms with E-state index in [4.69, 9.17) is 0 Å². The second-order valence-corrected chi connectivity index (χ2v) is 12.3. The normalized spacial score (nSPS) is 11.1. The van der Waals surface area contributed by atoms with Gasteiger partial charge in [0.2, 0.25) is 0 Å². The molecule has 230 valence electrons. The second-order valence-electron chi connectivity index (χ2n) is 12.3. The highest BCUT2D eigenvalue weighted by molar-refractivity contribution is 5.87. The molecular weight excluding hydrogens is 581 g/mol. The Morgan fingerprint density at radius 1 is 0.375 bits per heavy atom. The topological polar surface area (TPSA) is 8.17 Å². The van der Waals surface area contributed by atoms with Crippen LogP contribution in [0.1, 0.15) is 11.3 Å². The number of fused-ring (bicyclic) bond motifs is 1. The zero-order valence-electron chi connectivity index (χ0n) is 27.2. The molecule has 0 radical (unpaired) electrons. The molecular formula is C46H36N2. The van der Waals surface area contributed by atoms with Crippen molar-refractivity contribution in [3.05, 3.63) is 193 Å². The van der Waals surface area contributed by atoms with Crippen LogP contribution in [-0.2, 0) is 0 Å². The third kappa shape index (κ3) is 5.48. The minimum absolute atomic E-state index is 1.11. The Hall–Kier alpha value is -6.12. The van der Waals surface area contributed by atoms with E-state index in [1.165, 1.54) is 61.2 Å². The number of rotatable bonds is 7. The molecule has 1 heterocycles. The van der Waals surface area contributed by atoms with Crippen molar-refractivity contribution in [2.24, 2.45) is 0 Å². The van der Waals surface area contributed by atoms with Crippen LogP contribution in [0.25, 0.3) is 50.0 Å². The summed E-state index contributed by atoms with van der Waals surface area (Å²) in [6, 6.07) is 65.3. The van der Waals surface area contributed by atoms with Gasteiger partial charge in [0, 0.05) is 33.8 Å². The lowest BCUT2D eigenvalue weighted by Crippen LogP contribution is -2.10. The van der Waals surface area contributed by atoms with Crippen LogP contribution in [0, 0.1) is 13.8 Å². The predicted octanol–water partition coefficient (Wildman–Crippen LogP) is 12.7. The molecule has 0 saturated heterocycles. The van der Waals surface area contributed by atoms with Crippen molar-refractivity contribution in [1.29, 1.82) is 0 Å². The lowest BCUT2D eigenvalue weighted by molar-refractivity contribution is 1.04. The van der Waals surface area contributed by atoms with Gasteiger partial charge in [-0.05, 0) is 107 Å². The molecule has 48 heavy (non-hydrogen) atoms. The molecule has 0 aliphatic rings. The van der Waals surface area contributed by atoms with Crippen molar-refractivity contribution in [2.75, 3.05) is 4.90 Å². The summed E-state index contributed by atoms with van der Waals surface area (Å²) in [4.78, 5) is 2.36. The Bertz CT molecular complexity index is 2250. The number of aromatic nitrogens is 1. The van der Waals surface area contributed by atoms with Gasteiger partial charge in [-0.15, -0.1) is 0 Å². The molecule has 0 spiro atoms. The molecule has 0 aliphatic heterocycles. The number of anilines is 3. The van der Waals surface area contributed by atoms with Crippen LogP contribution in [0.2, 0.25) is 0 Å². The SMILES string of the molecule is Cc1c(C)n(-c2ccc(-c3ccc(N(c4cccc(-c5ccccc5)c4)c4cccc(-c5ccccc5)c4)cc3)cc2)c2ccccc12. The van der Waals surface area contributed by atoms with Gasteiger partial charge in [-0.2, -0.15) is 0 Å². The molecule has 7 aromatic carbocycles. The second kappa shape index (κ2) is 12.6. The van der Waals surface area contributed by atoms with E-state index in [0.717, 1.165) is 17.1 Å². The van der Waals surface area contributed by atoms with Crippen LogP contribution in [-0.4, -0.2) is 4.57 Å². The number of benzene rings is 7. The van der Waals surface area contributed by atoms with Gasteiger partial charge in [0.15, 0.2) is 0 Å². The van der Waals surface area contributed by atoms with Crippen LogP contribution in [0.3, 0.4) is 0 Å². The van der Waals surface area contributed by atoms with Crippen molar-refractivity contribution in [3.63, 3.8) is 0 Å². The average molecular weight is 617 g/mol. The summed E-state index contributed by atoms with van der Waals surface area (Å²) in [5.41, 5.74) is 15.5. The molecule has 2 heteroatoms. The van der Waals surface area contributed by atoms with Gasteiger partial charge in [0.1, 0.15) is 0 Å². The molecule has 0 unspecified atom stereocenters. The molecule has 0 fully saturated rings. The minimum atomic E-state index is 1.11. The van der Waals surface area contributed by atoms with Crippen LogP contribution in [0.5, 0.6) is 0 Å². The highest BCUT2D eigenvalue weighted by Crippen LogP contribution is 2.39. The van der Waals surface area contributed by atoms with E-state index in [-0.39, 0.29) is 0 Å². The van der Waals surface area contributed by atoms with Gasteiger partial charge in [0.25, 0.3) is 0 Å². The molecule has 8 aromatic rings. The molecule has 0 bridgehead atoms. The van der Waals surface area contributed by atoms with E-state index >= 15 is 0 Å². The van der Waals surface area contributed by atoms with E-state index in [1.54, 1.807) is 0 Å². The lowest BCUT2D eigenvalue weighted by Gasteiger charge is -2.27. The van der Waals surface area contributed by atoms with Gasteiger partial charge in [-0.25, -0.2) is 0 Å². The van der Waals surface area contributed by atoms with Crippen molar-refractivity contribution in [1.82, 2.24) is 4.57 Å². The van der Waals surface area contributed by atoms with Gasteiger partial charge < -0.3 is 9.47 Å². The summed E-state index contributed by atoms with van der Waals surface area (Å²) in [6.45, 7) is 4.42. The Labute approximate surface area is 282 Å². The highest BCUT2D eigenvalue weighted by atomic mass is 15.1. The van der Waals surface area contributed by atoms with Gasteiger partial charge in [-0.1, -0.05) is 127 Å². The van der Waals surface area contributed by atoms with Gasteiger partial charge >= 0.3 is 0 Å². The summed E-state index contributed by atoms with van der Waals surface area (Å²) in [7, 11) is 0. The molecule has 2 nitrogen and oxygen atoms in total. The third-order valence-corrected chi connectivity index (χ3v) is 9.43. The smallest absolute Gasteiger partial charge is 0.0534 e. The number of hydrogen-bond acceptors (Lipinski definition) is 1. The molecule has 0 aliphatic carbocycles.